The van der Waals surface area contributed by atoms with Crippen molar-refractivity contribution in [1.82, 2.24) is 0 Å². The van der Waals surface area contributed by atoms with Gasteiger partial charge in [0.15, 0.2) is 0 Å². The molecule has 0 aromatic carbocycles. The van der Waals surface area contributed by atoms with Crippen LogP contribution in [0.1, 0.15) is 6.42 Å². The number of hydrogen-bond acceptors (Lipinski definition) is 2. The maximum Gasteiger partial charge on any atom is 0.306 e. The summed E-state index contributed by atoms with van der Waals surface area (Å²) in [4.78, 5) is 9.90. The van der Waals surface area contributed by atoms with Crippen molar-refractivity contribution in [3.05, 3.63) is 0 Å². The average Bonchev–Trinajstić information content (AvgIpc) is 2.12. The molecule has 0 aliphatic carbocycles. The van der Waals surface area contributed by atoms with Crippen LogP contribution in [0.25, 0.3) is 0 Å². The van der Waals surface area contributed by atoms with Crippen LogP contribution in [0.4, 0.5) is 4.39 Å². The van der Waals surface area contributed by atoms with Crippen molar-refractivity contribution < 1.29 is 13.9 Å². The zero-order chi connectivity index (χ0) is 5.98. The summed E-state index contributed by atoms with van der Waals surface area (Å²) in [5, 5.41) is 0. The third kappa shape index (κ3) is 1.04. The number of rotatable bonds is 1. The molecule has 3 heteroatoms. The van der Waals surface area contributed by atoms with Crippen LogP contribution in [0.15, 0.2) is 0 Å². The van der Waals surface area contributed by atoms with Crippen molar-refractivity contribution in [2.24, 2.45) is 5.92 Å². The van der Waals surface area contributed by atoms with Gasteiger partial charge < -0.3 is 4.74 Å². The van der Waals surface area contributed by atoms with Gasteiger partial charge in [-0.15, -0.1) is 0 Å². The van der Waals surface area contributed by atoms with E-state index in [4.69, 9.17) is 4.74 Å². The van der Waals surface area contributed by atoms with Crippen LogP contribution in [0, 0.1) is 5.92 Å². The molecule has 46 valence electrons. The van der Waals surface area contributed by atoms with E-state index < -0.39 is 12.0 Å². The number of carbonyl (C=O) groups excluding carboxylic acids is 1. The number of halogens is 1. The maximum absolute atomic E-state index is 11.7. The normalized spacial score (nSPS) is 28.4. The second kappa shape index (κ2) is 2.22. The molecule has 1 aliphatic heterocycles. The minimum absolute atomic E-state index is 0.273. The second-order valence-electron chi connectivity index (χ2n) is 1.86. The highest BCUT2D eigenvalue weighted by molar-refractivity contribution is 5.71. The van der Waals surface area contributed by atoms with Crippen LogP contribution in [0.5, 0.6) is 0 Å². The molecule has 0 aromatic rings. The summed E-state index contributed by atoms with van der Waals surface area (Å²) in [6.45, 7) is 0.801. The highest BCUT2D eigenvalue weighted by atomic mass is 19.1. The van der Waals surface area contributed by atoms with Gasteiger partial charge in [0.2, 0.25) is 0 Å². The predicted octanol–water partition coefficient (Wildman–Crippen LogP) is 0.519. The Bertz CT molecular complexity index is 96.6. The first kappa shape index (κ1) is 5.69. The van der Waals surface area contributed by atoms with Gasteiger partial charge in [-0.2, -0.15) is 4.39 Å². The molecule has 1 atom stereocenters. The van der Waals surface area contributed by atoms with E-state index in [1.54, 1.807) is 0 Å². The third-order valence-corrected chi connectivity index (χ3v) is 1.25. The number of carbonyl (C=O) groups is 1. The van der Waals surface area contributed by atoms with E-state index in [0.717, 1.165) is 0 Å². The van der Waals surface area contributed by atoms with E-state index in [2.05, 4.69) is 0 Å². The first-order valence-corrected chi connectivity index (χ1v) is 2.58. The Hall–Kier alpha value is -0.440. The van der Waals surface area contributed by atoms with Crippen LogP contribution in [-0.4, -0.2) is 19.3 Å². The predicted molar refractivity (Wildman–Crippen MR) is 25.0 cm³/mol. The van der Waals surface area contributed by atoms with Crippen molar-refractivity contribution in [3.8, 4) is 0 Å². The lowest BCUT2D eigenvalue weighted by atomic mass is 10.1. The summed E-state index contributed by atoms with van der Waals surface area (Å²) in [5.41, 5.74) is 0. The molecule has 8 heavy (non-hydrogen) atoms. The molecular formula is C5H7FO2. The molecule has 0 radical (unpaired) electrons. The summed E-state index contributed by atoms with van der Waals surface area (Å²) in [6, 6.07) is -1.23. The lowest BCUT2D eigenvalue weighted by Crippen LogP contribution is -2.07. The van der Waals surface area contributed by atoms with E-state index in [0.29, 0.717) is 13.0 Å². The van der Waals surface area contributed by atoms with Gasteiger partial charge in [-0.05, 0) is 6.42 Å². The Balaban J connectivity index is 2.35. The van der Waals surface area contributed by atoms with Gasteiger partial charge in [-0.25, -0.2) is 0 Å². The number of hydrogen-bond donors (Lipinski definition) is 0. The summed E-state index contributed by atoms with van der Waals surface area (Å²) in [5.74, 6) is -0.463. The zero-order valence-corrected chi connectivity index (χ0v) is 4.39. The van der Waals surface area contributed by atoms with Gasteiger partial charge in [-0.3, -0.25) is 4.79 Å². The van der Waals surface area contributed by atoms with Gasteiger partial charge in [0, 0.05) is 6.61 Å². The minimum atomic E-state index is -1.23. The molecule has 0 aromatic heterocycles. The Morgan fingerprint density at radius 3 is 2.75 bits per heavy atom. The molecule has 2 nitrogen and oxygen atoms in total. The molecule has 0 N–H and O–H groups in total. The van der Waals surface area contributed by atoms with Crippen molar-refractivity contribution in [1.29, 1.82) is 0 Å². The quantitative estimate of drug-likeness (QED) is 0.469. The summed E-state index contributed by atoms with van der Waals surface area (Å²) in [6.07, 6.45) is 0.551. The van der Waals surface area contributed by atoms with E-state index in [9.17, 15) is 9.18 Å². The van der Waals surface area contributed by atoms with Gasteiger partial charge in [0.05, 0.1) is 12.5 Å². The third-order valence-electron chi connectivity index (χ3n) is 1.25. The fourth-order valence-electron chi connectivity index (χ4n) is 0.714. The average molecular weight is 118 g/mol. The molecule has 1 heterocycles. The van der Waals surface area contributed by atoms with E-state index in [1.807, 2.05) is 0 Å². The van der Waals surface area contributed by atoms with Crippen LogP contribution in [-0.2, 0) is 9.53 Å². The fourth-order valence-corrected chi connectivity index (χ4v) is 0.714. The van der Waals surface area contributed by atoms with Gasteiger partial charge >= 0.3 is 6.04 Å². The molecule has 1 saturated heterocycles. The standard InChI is InChI=1S/C5H7FO2/c6-5(7)4-1-2-8-3-4/h4H,1-3H2. The Morgan fingerprint density at radius 1 is 1.75 bits per heavy atom. The monoisotopic (exact) mass is 118 g/mol. The number of ether oxygens (including phenoxy) is 1. The van der Waals surface area contributed by atoms with Crippen molar-refractivity contribution >= 4 is 6.04 Å². The van der Waals surface area contributed by atoms with Crippen LogP contribution < -0.4 is 0 Å². The summed E-state index contributed by atoms with van der Waals surface area (Å²) < 4.78 is 16.4. The molecule has 1 unspecified atom stereocenters. The Morgan fingerprint density at radius 2 is 2.50 bits per heavy atom. The topological polar surface area (TPSA) is 26.3 Å². The van der Waals surface area contributed by atoms with Crippen LogP contribution in [0.2, 0.25) is 0 Å². The Kier molecular flexibility index (Phi) is 1.58. The smallest absolute Gasteiger partial charge is 0.306 e. The SMILES string of the molecule is O=C(F)C1CCOC1. The maximum atomic E-state index is 11.7. The molecule has 0 spiro atoms. The van der Waals surface area contributed by atoms with Gasteiger partial charge in [-0.1, -0.05) is 0 Å². The minimum Gasteiger partial charge on any atom is -0.381 e. The molecule has 1 fully saturated rings. The van der Waals surface area contributed by atoms with E-state index in [1.165, 1.54) is 0 Å². The first-order chi connectivity index (χ1) is 3.80. The van der Waals surface area contributed by atoms with Crippen LogP contribution in [0.3, 0.4) is 0 Å². The first-order valence-electron chi connectivity index (χ1n) is 2.58. The molecule has 0 amide bonds. The molecule has 1 rings (SSSR count). The van der Waals surface area contributed by atoms with Gasteiger partial charge in [0.25, 0.3) is 0 Å². The molecule has 0 saturated carbocycles. The summed E-state index contributed by atoms with van der Waals surface area (Å²) in [7, 11) is 0. The van der Waals surface area contributed by atoms with Crippen molar-refractivity contribution in [3.63, 3.8) is 0 Å². The summed E-state index contributed by atoms with van der Waals surface area (Å²) >= 11 is 0. The lowest BCUT2D eigenvalue weighted by Gasteiger charge is -1.93. The lowest BCUT2D eigenvalue weighted by molar-refractivity contribution is -0.133. The highest BCUT2D eigenvalue weighted by Gasteiger charge is 2.22. The second-order valence-corrected chi connectivity index (χ2v) is 1.86. The van der Waals surface area contributed by atoms with Crippen molar-refractivity contribution in [2.45, 2.75) is 6.42 Å². The highest BCUT2D eigenvalue weighted by Crippen LogP contribution is 2.12. The molecule has 0 bridgehead atoms. The largest absolute Gasteiger partial charge is 0.381 e. The molecular weight excluding hydrogens is 111 g/mol. The Labute approximate surface area is 46.6 Å². The van der Waals surface area contributed by atoms with E-state index >= 15 is 0 Å². The van der Waals surface area contributed by atoms with Crippen LogP contribution >= 0.6 is 0 Å². The molecule has 1 aliphatic rings. The van der Waals surface area contributed by atoms with Gasteiger partial charge in [0.1, 0.15) is 0 Å². The fraction of sp³-hybridized carbons (Fsp3) is 0.800. The zero-order valence-electron chi connectivity index (χ0n) is 4.39. The van der Waals surface area contributed by atoms with Crippen molar-refractivity contribution in [2.75, 3.05) is 13.2 Å². The van der Waals surface area contributed by atoms with E-state index in [-0.39, 0.29) is 6.61 Å².